The van der Waals surface area contributed by atoms with Crippen molar-refractivity contribution < 1.29 is 28.5 Å². The highest BCUT2D eigenvalue weighted by molar-refractivity contribution is 5.80. The molecule has 7 nitrogen and oxygen atoms in total. The Morgan fingerprint density at radius 1 is 0.484 bits per heavy atom. The lowest BCUT2D eigenvalue weighted by Gasteiger charge is -2.38. The van der Waals surface area contributed by atoms with Gasteiger partial charge in [-0.3, -0.25) is 4.79 Å². The van der Waals surface area contributed by atoms with Crippen molar-refractivity contribution in [1.82, 2.24) is 0 Å². The van der Waals surface area contributed by atoms with Gasteiger partial charge in [-0.25, -0.2) is 4.79 Å². The van der Waals surface area contributed by atoms with Gasteiger partial charge >= 0.3 is 12.1 Å². The average Bonchev–Trinajstić information content (AvgIpc) is 3.32. The fourth-order valence-corrected chi connectivity index (χ4v) is 8.35. The Hall–Kier alpha value is -7.64. The molecular formula is C57H51NO6. The molecule has 0 unspecified atom stereocenters. The molecule has 0 aromatic heterocycles. The minimum atomic E-state index is -0.810. The van der Waals surface area contributed by atoms with Gasteiger partial charge in [-0.1, -0.05) is 134 Å². The molecule has 0 saturated heterocycles. The first-order chi connectivity index (χ1) is 31.2. The second kappa shape index (κ2) is 20.0. The van der Waals surface area contributed by atoms with E-state index in [9.17, 15) is 9.59 Å². The summed E-state index contributed by atoms with van der Waals surface area (Å²) in [5, 5.41) is 0. The summed E-state index contributed by atoms with van der Waals surface area (Å²) >= 11 is 0. The van der Waals surface area contributed by atoms with Crippen LogP contribution in [0.25, 0.3) is 24.3 Å². The smallest absolute Gasteiger partial charge is 0.497 e. The van der Waals surface area contributed by atoms with Crippen molar-refractivity contribution in [2.24, 2.45) is 0 Å². The molecule has 8 rings (SSSR count). The van der Waals surface area contributed by atoms with E-state index in [1.807, 2.05) is 91.0 Å². The quantitative estimate of drug-likeness (QED) is 0.0495. The number of anilines is 3. The van der Waals surface area contributed by atoms with Crippen molar-refractivity contribution in [2.45, 2.75) is 51.4 Å². The van der Waals surface area contributed by atoms with Gasteiger partial charge in [0.2, 0.25) is 0 Å². The molecule has 7 heteroatoms. The summed E-state index contributed by atoms with van der Waals surface area (Å²) in [5.41, 5.74) is 10.6. The zero-order valence-electron chi connectivity index (χ0n) is 36.4. The van der Waals surface area contributed by atoms with Gasteiger partial charge in [0.15, 0.2) is 0 Å². The van der Waals surface area contributed by atoms with Gasteiger partial charge < -0.3 is 23.8 Å². The first kappa shape index (κ1) is 43.0. The van der Waals surface area contributed by atoms with Crippen LogP contribution in [-0.4, -0.2) is 19.2 Å². The van der Waals surface area contributed by atoms with Crippen LogP contribution in [0.2, 0.25) is 0 Å². The second-order valence-electron chi connectivity index (χ2n) is 16.1. The molecule has 64 heavy (non-hydrogen) atoms. The summed E-state index contributed by atoms with van der Waals surface area (Å²) < 4.78 is 21.8. The molecule has 0 heterocycles. The Balaban J connectivity index is 0.909. The van der Waals surface area contributed by atoms with Crippen molar-refractivity contribution >= 4 is 53.5 Å². The normalized spacial score (nSPS) is 13.4. The van der Waals surface area contributed by atoms with E-state index in [0.717, 1.165) is 76.3 Å². The molecule has 0 bridgehead atoms. The summed E-state index contributed by atoms with van der Waals surface area (Å²) in [6.07, 6.45) is 12.9. The van der Waals surface area contributed by atoms with Crippen molar-refractivity contribution in [3.8, 4) is 23.0 Å². The number of benzene rings is 7. The summed E-state index contributed by atoms with van der Waals surface area (Å²) in [7, 11) is 1.67. The highest BCUT2D eigenvalue weighted by Crippen LogP contribution is 2.45. The first-order valence-electron chi connectivity index (χ1n) is 21.7. The van der Waals surface area contributed by atoms with E-state index >= 15 is 0 Å². The predicted molar refractivity (Wildman–Crippen MR) is 258 cm³/mol. The predicted octanol–water partition coefficient (Wildman–Crippen LogP) is 14.6. The van der Waals surface area contributed by atoms with E-state index in [1.165, 1.54) is 24.5 Å². The molecule has 1 aliphatic carbocycles. The number of methoxy groups -OCH3 is 1. The minimum absolute atomic E-state index is 0.172. The summed E-state index contributed by atoms with van der Waals surface area (Å²) in [5.74, 6) is 1.82. The van der Waals surface area contributed by atoms with E-state index in [-0.39, 0.29) is 11.4 Å². The first-order valence-corrected chi connectivity index (χ1v) is 21.7. The van der Waals surface area contributed by atoms with Crippen LogP contribution in [0.15, 0.2) is 170 Å². The lowest BCUT2D eigenvalue weighted by molar-refractivity contribution is -0.131. The van der Waals surface area contributed by atoms with Gasteiger partial charge in [0, 0.05) is 29.4 Å². The Morgan fingerprint density at radius 2 is 0.922 bits per heavy atom. The van der Waals surface area contributed by atoms with E-state index < -0.39 is 6.16 Å². The Kier molecular flexibility index (Phi) is 13.5. The maximum Gasteiger partial charge on any atom is 0.519 e. The van der Waals surface area contributed by atoms with Gasteiger partial charge in [-0.05, 0) is 138 Å². The molecule has 7 aromatic carbocycles. The van der Waals surface area contributed by atoms with E-state index in [4.69, 9.17) is 18.9 Å². The molecule has 0 N–H and O–H groups in total. The standard InChI is InChI=1S/C57H51NO6/c1-41-10-26-49(27-11-41)58(50-28-16-43(17-29-50)12-13-45-20-32-52(61-3)33-21-45)51-30-18-44(19-31-51)14-15-46-8-7-9-55(40-46)64-56(60)63-54-36-24-48(25-37-54)57(38-5-4-6-39-57)47-22-34-53(35-23-47)62-42(2)59/h7-37,40H,4-6,38-39H2,1-3H3. The van der Waals surface area contributed by atoms with Crippen LogP contribution in [0.3, 0.4) is 0 Å². The maximum atomic E-state index is 13.0. The maximum absolute atomic E-state index is 13.0. The lowest BCUT2D eigenvalue weighted by atomic mass is 9.65. The SMILES string of the molecule is COc1ccc(C=Cc2ccc(N(c3ccc(C)cc3)c3ccc(C=Cc4cccc(OC(=O)Oc5ccc(C6(c7ccc(OC(C)=O)cc7)CCCCC6)cc5)c4)cc3)cc2)cc1. The molecule has 0 spiro atoms. The molecule has 1 aliphatic rings. The molecule has 320 valence electrons. The van der Waals surface area contributed by atoms with Gasteiger partial charge in [-0.15, -0.1) is 0 Å². The fourth-order valence-electron chi connectivity index (χ4n) is 8.35. The monoisotopic (exact) mass is 845 g/mol. The van der Waals surface area contributed by atoms with Gasteiger partial charge in [-0.2, -0.15) is 0 Å². The number of ether oxygens (including phenoxy) is 4. The van der Waals surface area contributed by atoms with Crippen LogP contribution in [0.1, 0.15) is 78.0 Å². The van der Waals surface area contributed by atoms with Crippen LogP contribution in [0.5, 0.6) is 23.0 Å². The van der Waals surface area contributed by atoms with Gasteiger partial charge in [0.1, 0.15) is 23.0 Å². The number of esters is 1. The van der Waals surface area contributed by atoms with E-state index in [2.05, 4.69) is 109 Å². The Bertz CT molecular complexity index is 2710. The summed E-state index contributed by atoms with van der Waals surface area (Å²) in [4.78, 5) is 26.7. The zero-order chi connectivity index (χ0) is 44.3. The minimum Gasteiger partial charge on any atom is -0.497 e. The third-order valence-corrected chi connectivity index (χ3v) is 11.7. The average molecular weight is 846 g/mol. The molecule has 0 aliphatic heterocycles. The number of hydrogen-bond acceptors (Lipinski definition) is 7. The Morgan fingerprint density at radius 3 is 1.42 bits per heavy atom. The largest absolute Gasteiger partial charge is 0.519 e. The van der Waals surface area contributed by atoms with E-state index in [0.29, 0.717) is 17.2 Å². The summed E-state index contributed by atoms with van der Waals surface area (Å²) in [6, 6.07) is 56.4. The molecule has 7 aromatic rings. The van der Waals surface area contributed by atoms with Gasteiger partial charge in [0.05, 0.1) is 7.11 Å². The number of nitrogens with zero attached hydrogens (tertiary/aromatic N) is 1. The second-order valence-corrected chi connectivity index (χ2v) is 16.1. The number of carbonyl (C=O) groups is 2. The zero-order valence-corrected chi connectivity index (χ0v) is 36.4. The number of hydrogen-bond donors (Lipinski definition) is 0. The van der Waals surface area contributed by atoms with Gasteiger partial charge in [0.25, 0.3) is 0 Å². The number of aryl methyl sites for hydroxylation is 1. The van der Waals surface area contributed by atoms with E-state index in [1.54, 1.807) is 13.2 Å². The van der Waals surface area contributed by atoms with Crippen LogP contribution in [-0.2, 0) is 10.2 Å². The number of carbonyl (C=O) groups excluding carboxylic acids is 2. The molecule has 0 amide bonds. The lowest BCUT2D eigenvalue weighted by Crippen LogP contribution is -2.30. The van der Waals surface area contributed by atoms with Crippen molar-refractivity contribution in [3.63, 3.8) is 0 Å². The summed E-state index contributed by atoms with van der Waals surface area (Å²) in [6.45, 7) is 3.50. The van der Waals surface area contributed by atoms with Crippen LogP contribution in [0, 0.1) is 6.92 Å². The van der Waals surface area contributed by atoms with Crippen molar-refractivity contribution in [3.05, 3.63) is 209 Å². The highest BCUT2D eigenvalue weighted by atomic mass is 16.7. The number of rotatable bonds is 13. The molecule has 1 saturated carbocycles. The molecule has 0 atom stereocenters. The molecule has 1 fully saturated rings. The van der Waals surface area contributed by atoms with Crippen molar-refractivity contribution in [1.29, 1.82) is 0 Å². The van der Waals surface area contributed by atoms with Crippen LogP contribution < -0.4 is 23.8 Å². The molecular weight excluding hydrogens is 795 g/mol. The third kappa shape index (κ3) is 10.7. The van der Waals surface area contributed by atoms with Crippen LogP contribution >= 0.6 is 0 Å². The third-order valence-electron chi connectivity index (χ3n) is 11.7. The Labute approximate surface area is 375 Å². The molecule has 0 radical (unpaired) electrons. The fraction of sp³-hybridized carbons (Fsp3) is 0.158. The topological polar surface area (TPSA) is 74.3 Å². The highest BCUT2D eigenvalue weighted by Gasteiger charge is 2.35. The van der Waals surface area contributed by atoms with Crippen LogP contribution in [0.4, 0.5) is 21.9 Å². The van der Waals surface area contributed by atoms with Crippen molar-refractivity contribution in [2.75, 3.05) is 12.0 Å².